The molecule has 54 valence electrons. The van der Waals surface area contributed by atoms with Gasteiger partial charge in [0, 0.05) is 0 Å². The van der Waals surface area contributed by atoms with Crippen LogP contribution in [-0.2, 0) is 0 Å². The molecule has 1 aliphatic carbocycles. The Labute approximate surface area is 66.9 Å². The normalized spacial score (nSPS) is 15.6. The molecule has 1 aromatic rings. The predicted octanol–water partition coefficient (Wildman–Crippen LogP) is 3.03. The lowest BCUT2D eigenvalue weighted by molar-refractivity contribution is 1.23. The summed E-state index contributed by atoms with van der Waals surface area (Å²) in [4.78, 5) is 0. The summed E-state index contributed by atoms with van der Waals surface area (Å²) in [7, 11) is 0. The average Bonchev–Trinajstić information content (AvgIpc) is 2.01. The van der Waals surface area contributed by atoms with Gasteiger partial charge in [0.2, 0.25) is 0 Å². The first-order chi connectivity index (χ1) is 5.36. The molecule has 0 heteroatoms. The van der Waals surface area contributed by atoms with Gasteiger partial charge >= 0.3 is 0 Å². The van der Waals surface area contributed by atoms with E-state index < -0.39 is 0 Å². The summed E-state index contributed by atoms with van der Waals surface area (Å²) in [5.41, 5.74) is 3.99. The fourth-order valence-corrected chi connectivity index (χ4v) is 1.30. The van der Waals surface area contributed by atoms with E-state index in [0.29, 0.717) is 0 Å². The maximum Gasteiger partial charge on any atom is -0.00255 e. The van der Waals surface area contributed by atoms with Gasteiger partial charge in [0.1, 0.15) is 0 Å². The van der Waals surface area contributed by atoms with E-state index in [1.807, 2.05) is 6.07 Å². The first kappa shape index (κ1) is 6.41. The van der Waals surface area contributed by atoms with Crippen LogP contribution in [0.5, 0.6) is 0 Å². The molecular formula is C11H10. The average molecular weight is 142 g/mol. The van der Waals surface area contributed by atoms with E-state index in [1.54, 1.807) is 0 Å². The molecule has 1 aromatic carbocycles. The van der Waals surface area contributed by atoms with Crippen molar-refractivity contribution in [3.05, 3.63) is 54.1 Å². The molecule has 0 heterocycles. The summed E-state index contributed by atoms with van der Waals surface area (Å²) in [6, 6.07) is 10.4. The molecule has 0 nitrogen and oxygen atoms in total. The van der Waals surface area contributed by atoms with Crippen LogP contribution in [0.1, 0.15) is 12.0 Å². The smallest absolute Gasteiger partial charge is 0.00255 e. The van der Waals surface area contributed by atoms with E-state index in [0.717, 1.165) is 6.42 Å². The first-order valence-corrected chi connectivity index (χ1v) is 3.80. The van der Waals surface area contributed by atoms with Crippen LogP contribution in [-0.4, -0.2) is 0 Å². The molecule has 0 aromatic heterocycles. The van der Waals surface area contributed by atoms with Crippen LogP contribution in [0.25, 0.3) is 5.57 Å². The minimum absolute atomic E-state index is 1.06. The fourth-order valence-electron chi connectivity index (χ4n) is 1.30. The number of allylic oxidation sites excluding steroid dienone is 3. The zero-order valence-corrected chi connectivity index (χ0v) is 6.38. The highest BCUT2D eigenvalue weighted by Gasteiger charge is 2.10. The van der Waals surface area contributed by atoms with Crippen molar-refractivity contribution in [2.45, 2.75) is 6.42 Å². The van der Waals surface area contributed by atoms with E-state index in [1.165, 1.54) is 16.7 Å². The van der Waals surface area contributed by atoms with Gasteiger partial charge in [-0.2, -0.15) is 0 Å². The maximum atomic E-state index is 3.86. The molecule has 2 rings (SSSR count). The van der Waals surface area contributed by atoms with E-state index in [4.69, 9.17) is 0 Å². The van der Waals surface area contributed by atoms with Crippen molar-refractivity contribution in [3.8, 4) is 0 Å². The molecule has 0 bridgehead atoms. The number of benzene rings is 1. The number of hydrogen-bond donors (Lipinski definition) is 0. The number of hydrogen-bond acceptors (Lipinski definition) is 0. The summed E-state index contributed by atoms with van der Waals surface area (Å²) in [5.74, 6) is 0. The zero-order chi connectivity index (χ0) is 7.68. The molecule has 1 aliphatic rings. The van der Waals surface area contributed by atoms with Gasteiger partial charge in [0.15, 0.2) is 0 Å². The molecular weight excluding hydrogens is 132 g/mol. The van der Waals surface area contributed by atoms with Gasteiger partial charge in [-0.25, -0.2) is 0 Å². The molecule has 0 amide bonds. The Morgan fingerprint density at radius 2 is 1.73 bits per heavy atom. The molecule has 0 radical (unpaired) electrons. The molecule has 0 aliphatic heterocycles. The Balaban J connectivity index is 2.33. The first-order valence-electron chi connectivity index (χ1n) is 3.80. The Morgan fingerprint density at radius 3 is 2.27 bits per heavy atom. The van der Waals surface area contributed by atoms with Crippen LogP contribution in [0.4, 0.5) is 0 Å². The zero-order valence-electron chi connectivity index (χ0n) is 6.38. The summed E-state index contributed by atoms with van der Waals surface area (Å²) in [6.07, 6.45) is 3.21. The van der Waals surface area contributed by atoms with Gasteiger partial charge in [-0.3, -0.25) is 0 Å². The molecule has 0 atom stereocenters. The maximum absolute atomic E-state index is 3.86. The lowest BCUT2D eigenvalue weighted by atomic mass is 9.88. The van der Waals surface area contributed by atoms with Crippen molar-refractivity contribution in [2.24, 2.45) is 0 Å². The van der Waals surface area contributed by atoms with E-state index in [9.17, 15) is 0 Å². The highest BCUT2D eigenvalue weighted by molar-refractivity contribution is 5.77. The van der Waals surface area contributed by atoms with Crippen molar-refractivity contribution >= 4 is 5.57 Å². The Bertz CT molecular complexity index is 304. The molecule has 0 saturated heterocycles. The lowest BCUT2D eigenvalue weighted by Gasteiger charge is -2.16. The largest absolute Gasteiger partial charge is 0.0955 e. The summed E-state index contributed by atoms with van der Waals surface area (Å²) >= 11 is 0. The lowest BCUT2D eigenvalue weighted by Crippen LogP contribution is -1.95. The van der Waals surface area contributed by atoms with Crippen LogP contribution < -0.4 is 0 Å². The topological polar surface area (TPSA) is 0 Å². The second-order valence-electron chi connectivity index (χ2n) is 2.87. The third kappa shape index (κ3) is 1.12. The molecule has 0 fully saturated rings. The van der Waals surface area contributed by atoms with E-state index >= 15 is 0 Å². The quantitative estimate of drug-likeness (QED) is 0.565. The van der Waals surface area contributed by atoms with Gasteiger partial charge in [0.05, 0.1) is 0 Å². The Kier molecular flexibility index (Phi) is 1.39. The predicted molar refractivity (Wildman–Crippen MR) is 48.2 cm³/mol. The van der Waals surface area contributed by atoms with Crippen LogP contribution in [0.3, 0.4) is 0 Å². The molecule has 11 heavy (non-hydrogen) atoms. The van der Waals surface area contributed by atoms with Crippen LogP contribution in [0.2, 0.25) is 0 Å². The third-order valence-corrected chi connectivity index (χ3v) is 1.94. The van der Waals surface area contributed by atoms with E-state index in [2.05, 4.69) is 36.9 Å². The van der Waals surface area contributed by atoms with Crippen LogP contribution in [0, 0.1) is 0 Å². The monoisotopic (exact) mass is 142 g/mol. The fraction of sp³-hybridized carbons (Fsp3) is 0.0909. The summed E-state index contributed by atoms with van der Waals surface area (Å²) in [6.45, 7) is 3.86. The van der Waals surface area contributed by atoms with Crippen LogP contribution in [0.15, 0.2) is 48.6 Å². The number of rotatable bonds is 1. The summed E-state index contributed by atoms with van der Waals surface area (Å²) in [5, 5.41) is 0. The molecule has 0 spiro atoms. The second-order valence-corrected chi connectivity index (χ2v) is 2.87. The van der Waals surface area contributed by atoms with Crippen molar-refractivity contribution in [3.63, 3.8) is 0 Å². The van der Waals surface area contributed by atoms with Gasteiger partial charge in [-0.05, 0) is 17.6 Å². The van der Waals surface area contributed by atoms with Crippen molar-refractivity contribution in [2.75, 3.05) is 0 Å². The van der Waals surface area contributed by atoms with E-state index in [-0.39, 0.29) is 0 Å². The Hall–Kier alpha value is -1.30. The Morgan fingerprint density at radius 1 is 1.09 bits per heavy atom. The van der Waals surface area contributed by atoms with Gasteiger partial charge < -0.3 is 0 Å². The standard InChI is InChI=1S/C11H10/c1-9-7-11(8-9)10-5-3-2-4-6-10/h2-7H,1,8H2. The summed E-state index contributed by atoms with van der Waals surface area (Å²) < 4.78 is 0. The van der Waals surface area contributed by atoms with Gasteiger partial charge in [-0.1, -0.05) is 48.6 Å². The van der Waals surface area contributed by atoms with Gasteiger partial charge in [0.25, 0.3) is 0 Å². The van der Waals surface area contributed by atoms with Gasteiger partial charge in [-0.15, -0.1) is 0 Å². The molecule has 0 saturated carbocycles. The minimum atomic E-state index is 1.06. The molecule has 0 N–H and O–H groups in total. The third-order valence-electron chi connectivity index (χ3n) is 1.94. The van der Waals surface area contributed by atoms with Crippen molar-refractivity contribution < 1.29 is 0 Å². The van der Waals surface area contributed by atoms with Crippen LogP contribution >= 0.6 is 0 Å². The highest BCUT2D eigenvalue weighted by Crippen LogP contribution is 2.31. The van der Waals surface area contributed by atoms with Crippen molar-refractivity contribution in [1.82, 2.24) is 0 Å². The van der Waals surface area contributed by atoms with Crippen molar-refractivity contribution in [1.29, 1.82) is 0 Å². The molecule has 0 unspecified atom stereocenters. The SMILES string of the molecule is C=C1C=C(c2ccccc2)C1. The minimum Gasteiger partial charge on any atom is -0.0955 e. The highest BCUT2D eigenvalue weighted by atomic mass is 14.1. The second kappa shape index (κ2) is 2.39.